The van der Waals surface area contributed by atoms with Gasteiger partial charge in [0.2, 0.25) is 23.3 Å². The van der Waals surface area contributed by atoms with E-state index < -0.39 is 53.5 Å². The Morgan fingerprint density at radius 3 is 2.58 bits per heavy atom. The second kappa shape index (κ2) is 10.3. The first kappa shape index (κ1) is 27.7. The lowest BCUT2D eigenvalue weighted by atomic mass is 9.97. The lowest BCUT2D eigenvalue weighted by Gasteiger charge is -2.35. The number of likely N-dealkylation sites (N-methyl/N-ethyl adjacent to an activating group) is 1. The number of aromatic nitrogens is 1. The Labute approximate surface area is 228 Å². The minimum atomic E-state index is -5.16. The number of hydrogen-bond donors (Lipinski definition) is 2. The second-order valence-electron chi connectivity index (χ2n) is 11.1. The molecule has 3 fully saturated rings. The maximum atomic E-state index is 14.0. The number of amides is 4. The van der Waals surface area contributed by atoms with Crippen molar-refractivity contribution in [2.24, 2.45) is 11.8 Å². The summed E-state index contributed by atoms with van der Waals surface area (Å²) < 4.78 is 45.0. The minimum absolute atomic E-state index is 0.00771. The summed E-state index contributed by atoms with van der Waals surface area (Å²) in [4.78, 5) is 58.6. The maximum Gasteiger partial charge on any atom is 0.471 e. The molecule has 3 heterocycles. The number of ether oxygens (including phenoxy) is 1. The van der Waals surface area contributed by atoms with Crippen LogP contribution < -0.4 is 15.4 Å². The number of rotatable bonds is 8. The number of carbonyl (C=O) groups is 4. The van der Waals surface area contributed by atoms with Gasteiger partial charge in [-0.25, -0.2) is 4.98 Å². The topological polar surface area (TPSA) is 145 Å². The van der Waals surface area contributed by atoms with Gasteiger partial charge >= 0.3 is 12.1 Å². The molecular formula is C26H29F3N6O5. The highest BCUT2D eigenvalue weighted by Crippen LogP contribution is 2.41. The maximum absolute atomic E-state index is 14.0. The molecule has 1 aromatic rings. The fourth-order valence-corrected chi connectivity index (χ4v) is 5.33. The third kappa shape index (κ3) is 5.55. The van der Waals surface area contributed by atoms with Gasteiger partial charge in [-0.05, 0) is 36.8 Å². The van der Waals surface area contributed by atoms with Crippen LogP contribution in [-0.2, 0) is 19.2 Å². The zero-order chi connectivity index (χ0) is 28.8. The summed E-state index contributed by atoms with van der Waals surface area (Å²) in [6.45, 7) is -0.272. The quantitative estimate of drug-likeness (QED) is 0.491. The zero-order valence-electron chi connectivity index (χ0n) is 21.7. The van der Waals surface area contributed by atoms with E-state index in [1.54, 1.807) is 12.1 Å². The molecule has 1 aromatic heterocycles. The van der Waals surface area contributed by atoms with Gasteiger partial charge in [0.25, 0.3) is 5.91 Å². The number of nitrogens with one attached hydrogen (secondary N) is 2. The molecule has 4 aliphatic rings. The lowest BCUT2D eigenvalue weighted by molar-refractivity contribution is -0.175. The van der Waals surface area contributed by atoms with Crippen molar-refractivity contribution in [2.75, 3.05) is 18.9 Å². The second-order valence-corrected chi connectivity index (χ2v) is 11.1. The van der Waals surface area contributed by atoms with Crippen LogP contribution in [-0.4, -0.2) is 81.9 Å². The third-order valence-electron chi connectivity index (χ3n) is 7.96. The fraction of sp³-hybridized carbons (Fsp3) is 0.615. The molecular weight excluding hydrogens is 533 g/mol. The van der Waals surface area contributed by atoms with Gasteiger partial charge in [-0.1, -0.05) is 25.7 Å². The molecule has 2 N–H and O–H groups in total. The number of nitriles is 1. The molecule has 2 aliphatic carbocycles. The molecule has 0 bridgehead atoms. The summed E-state index contributed by atoms with van der Waals surface area (Å²) in [5.41, 5.74) is -1.21. The van der Waals surface area contributed by atoms with E-state index in [0.717, 1.165) is 30.6 Å². The predicted molar refractivity (Wildman–Crippen MR) is 131 cm³/mol. The molecule has 1 saturated heterocycles. The SMILES string of the molecule is CN(C(=O)[C@H](CC1CC1)NC(=O)C(F)(F)F)[C@@H](CC1CC1)C(=O)N1C[C@@]2(C[C@H]1C#N)Oc1ncccc1NC2=O. The standard InChI is InChI=1S/C26H29F3N6O5/c1-34(21(36)18(9-14-4-5-14)33-24(39)26(27,28)29)19(10-15-6-7-15)22(37)35-13-25(11-16(35)12-30)23(38)32-17-3-2-8-31-20(17)40-25/h2-3,8,14-16,18-19H,4-7,9-11,13H2,1H3,(H,32,38)(H,33,39)/t16-,18-,19-,25+/m0/s1. The van der Waals surface area contributed by atoms with Crippen LogP contribution in [0.15, 0.2) is 18.3 Å². The Bertz CT molecular complexity index is 1260. The van der Waals surface area contributed by atoms with Crippen LogP contribution in [0, 0.1) is 23.2 Å². The van der Waals surface area contributed by atoms with Gasteiger partial charge < -0.3 is 25.2 Å². The minimum Gasteiger partial charge on any atom is -0.457 e. The smallest absolute Gasteiger partial charge is 0.457 e. The first-order chi connectivity index (χ1) is 18.9. The van der Waals surface area contributed by atoms with E-state index in [4.69, 9.17) is 4.74 Å². The predicted octanol–water partition coefficient (Wildman–Crippen LogP) is 1.75. The van der Waals surface area contributed by atoms with Crippen molar-refractivity contribution >= 4 is 29.3 Å². The molecule has 2 aliphatic heterocycles. The number of anilines is 1. The Hall–Kier alpha value is -3.89. The van der Waals surface area contributed by atoms with Gasteiger partial charge in [0.05, 0.1) is 12.6 Å². The van der Waals surface area contributed by atoms with Crippen LogP contribution >= 0.6 is 0 Å². The van der Waals surface area contributed by atoms with Crippen LogP contribution in [0.5, 0.6) is 5.88 Å². The summed E-state index contributed by atoms with van der Waals surface area (Å²) in [7, 11) is 1.32. The van der Waals surface area contributed by atoms with Crippen molar-refractivity contribution < 1.29 is 37.1 Å². The van der Waals surface area contributed by atoms with Crippen molar-refractivity contribution in [1.29, 1.82) is 5.26 Å². The van der Waals surface area contributed by atoms with Crippen molar-refractivity contribution in [1.82, 2.24) is 20.1 Å². The summed E-state index contributed by atoms with van der Waals surface area (Å²) in [5, 5.41) is 14.4. The Morgan fingerprint density at radius 2 is 1.95 bits per heavy atom. The fourth-order valence-electron chi connectivity index (χ4n) is 5.33. The number of alkyl halides is 3. The van der Waals surface area contributed by atoms with E-state index in [9.17, 15) is 37.6 Å². The van der Waals surface area contributed by atoms with Gasteiger partial charge in [0.1, 0.15) is 23.8 Å². The molecule has 5 rings (SSSR count). The number of pyridine rings is 1. The highest BCUT2D eigenvalue weighted by atomic mass is 19.4. The van der Waals surface area contributed by atoms with E-state index in [2.05, 4.69) is 10.3 Å². The molecule has 0 unspecified atom stereocenters. The van der Waals surface area contributed by atoms with Crippen molar-refractivity contribution in [3.05, 3.63) is 18.3 Å². The molecule has 40 heavy (non-hydrogen) atoms. The first-order valence-electron chi connectivity index (χ1n) is 13.2. The largest absolute Gasteiger partial charge is 0.471 e. The zero-order valence-corrected chi connectivity index (χ0v) is 21.7. The van der Waals surface area contributed by atoms with E-state index in [1.807, 2.05) is 11.4 Å². The van der Waals surface area contributed by atoms with Gasteiger partial charge in [-0.15, -0.1) is 0 Å². The van der Waals surface area contributed by atoms with E-state index in [-0.39, 0.29) is 43.5 Å². The number of hydrogen-bond acceptors (Lipinski definition) is 7. The molecule has 0 aromatic carbocycles. The number of carbonyl (C=O) groups excluding carboxylic acids is 4. The van der Waals surface area contributed by atoms with Crippen LogP contribution in [0.4, 0.5) is 18.9 Å². The summed E-state index contributed by atoms with van der Waals surface area (Å²) in [6, 6.07) is 1.65. The highest BCUT2D eigenvalue weighted by Gasteiger charge is 2.57. The highest BCUT2D eigenvalue weighted by molar-refractivity contribution is 6.02. The molecule has 14 heteroatoms. The van der Waals surface area contributed by atoms with Gasteiger partial charge in [0.15, 0.2) is 0 Å². The Kier molecular flexibility index (Phi) is 7.09. The van der Waals surface area contributed by atoms with E-state index in [1.165, 1.54) is 18.1 Å². The monoisotopic (exact) mass is 562 g/mol. The molecule has 214 valence electrons. The number of halogens is 3. The molecule has 11 nitrogen and oxygen atoms in total. The van der Waals surface area contributed by atoms with E-state index in [0.29, 0.717) is 5.69 Å². The van der Waals surface area contributed by atoms with Crippen molar-refractivity contribution in [3.63, 3.8) is 0 Å². The summed E-state index contributed by atoms with van der Waals surface area (Å²) in [6.07, 6.45) is -0.431. The van der Waals surface area contributed by atoms with Gasteiger partial charge in [0, 0.05) is 19.7 Å². The van der Waals surface area contributed by atoms with Crippen LogP contribution in [0.25, 0.3) is 0 Å². The van der Waals surface area contributed by atoms with Gasteiger partial charge in [-0.2, -0.15) is 18.4 Å². The summed E-state index contributed by atoms with van der Waals surface area (Å²) in [5.74, 6) is -3.89. The van der Waals surface area contributed by atoms with Crippen molar-refractivity contribution in [2.45, 2.75) is 74.8 Å². The average molecular weight is 563 g/mol. The normalized spacial score (nSPS) is 25.2. The average Bonchev–Trinajstić information content (AvgIpc) is 3.85. The van der Waals surface area contributed by atoms with Crippen LogP contribution in [0.3, 0.4) is 0 Å². The molecule has 1 spiro atoms. The van der Waals surface area contributed by atoms with Crippen LogP contribution in [0.2, 0.25) is 0 Å². The number of likely N-dealkylation sites (tertiary alicyclic amines) is 1. The van der Waals surface area contributed by atoms with Crippen molar-refractivity contribution in [3.8, 4) is 11.9 Å². The molecule has 4 atom stereocenters. The molecule has 4 amide bonds. The van der Waals surface area contributed by atoms with Gasteiger partial charge in [-0.3, -0.25) is 19.2 Å². The van der Waals surface area contributed by atoms with Crippen LogP contribution in [0.1, 0.15) is 44.9 Å². The summed E-state index contributed by atoms with van der Waals surface area (Å²) >= 11 is 0. The molecule has 2 saturated carbocycles. The van der Waals surface area contributed by atoms with E-state index >= 15 is 0 Å². The lowest BCUT2D eigenvalue weighted by Crippen LogP contribution is -2.58. The Morgan fingerprint density at radius 1 is 1.27 bits per heavy atom. The number of nitrogens with zero attached hydrogens (tertiary/aromatic N) is 4. The number of fused-ring (bicyclic) bond motifs is 1. The Balaban J connectivity index is 1.37. The first-order valence-corrected chi connectivity index (χ1v) is 13.2. The molecule has 0 radical (unpaired) electrons. The third-order valence-corrected chi connectivity index (χ3v) is 7.96.